The molecule has 0 bridgehead atoms. The van der Waals surface area contributed by atoms with Crippen molar-refractivity contribution in [3.8, 4) is 11.4 Å². The third-order valence-corrected chi connectivity index (χ3v) is 4.53. The van der Waals surface area contributed by atoms with Crippen molar-refractivity contribution >= 4 is 11.6 Å². The molecule has 3 rings (SSSR count). The predicted octanol–water partition coefficient (Wildman–Crippen LogP) is 3.87. The van der Waals surface area contributed by atoms with Crippen LogP contribution in [0.2, 0.25) is 0 Å². The Morgan fingerprint density at radius 3 is 2.50 bits per heavy atom. The van der Waals surface area contributed by atoms with E-state index >= 15 is 0 Å². The summed E-state index contributed by atoms with van der Waals surface area (Å²) in [6, 6.07) is 13.2. The monoisotopic (exact) mass is 379 g/mol. The van der Waals surface area contributed by atoms with E-state index in [-0.39, 0.29) is 23.8 Å². The number of hydrogen-bond acceptors (Lipinski definition) is 3. The van der Waals surface area contributed by atoms with Crippen molar-refractivity contribution in [2.24, 2.45) is 0 Å². The molecule has 0 unspecified atom stereocenters. The molecular formula is C22H22FN3O2. The molecule has 0 spiro atoms. The van der Waals surface area contributed by atoms with Gasteiger partial charge in [-0.3, -0.25) is 14.2 Å². The average molecular weight is 379 g/mol. The number of halogens is 1. The van der Waals surface area contributed by atoms with Crippen LogP contribution in [0.3, 0.4) is 0 Å². The molecule has 1 heterocycles. The number of hydrogen-bond donors (Lipinski definition) is 1. The van der Waals surface area contributed by atoms with Gasteiger partial charge in [0.05, 0.1) is 0 Å². The first-order valence-corrected chi connectivity index (χ1v) is 9.11. The van der Waals surface area contributed by atoms with E-state index in [1.165, 1.54) is 16.7 Å². The fourth-order valence-corrected chi connectivity index (χ4v) is 3.14. The van der Waals surface area contributed by atoms with Gasteiger partial charge in [-0.2, -0.15) is 0 Å². The quantitative estimate of drug-likeness (QED) is 0.732. The molecule has 0 atom stereocenters. The molecule has 0 aliphatic carbocycles. The van der Waals surface area contributed by atoms with Crippen LogP contribution < -0.4 is 10.9 Å². The number of aromatic nitrogens is 2. The van der Waals surface area contributed by atoms with E-state index in [4.69, 9.17) is 0 Å². The topological polar surface area (TPSA) is 64.0 Å². The number of carbonyl (C=O) groups excluding carboxylic acids is 1. The maximum absolute atomic E-state index is 13.3. The highest BCUT2D eigenvalue weighted by Crippen LogP contribution is 2.18. The van der Waals surface area contributed by atoms with Crippen molar-refractivity contribution in [3.05, 3.63) is 81.5 Å². The molecule has 0 saturated carbocycles. The van der Waals surface area contributed by atoms with Gasteiger partial charge in [-0.15, -0.1) is 0 Å². The van der Waals surface area contributed by atoms with E-state index < -0.39 is 0 Å². The van der Waals surface area contributed by atoms with Crippen molar-refractivity contribution < 1.29 is 9.18 Å². The summed E-state index contributed by atoms with van der Waals surface area (Å²) >= 11 is 0. The SMILES string of the molecule is CCc1c(C)nc(-c2ccc(F)cc2)n(CC(=O)Nc2cccc(C)c2)c1=O. The Kier molecular flexibility index (Phi) is 5.68. The van der Waals surface area contributed by atoms with E-state index in [0.29, 0.717) is 34.8 Å². The molecule has 5 nitrogen and oxygen atoms in total. The van der Waals surface area contributed by atoms with Gasteiger partial charge in [0.25, 0.3) is 5.56 Å². The van der Waals surface area contributed by atoms with Crippen LogP contribution in [0.4, 0.5) is 10.1 Å². The molecular weight excluding hydrogens is 357 g/mol. The van der Waals surface area contributed by atoms with Gasteiger partial charge in [0.2, 0.25) is 5.91 Å². The normalized spacial score (nSPS) is 10.7. The van der Waals surface area contributed by atoms with Crippen LogP contribution in [-0.4, -0.2) is 15.5 Å². The van der Waals surface area contributed by atoms with Crippen molar-refractivity contribution in [1.29, 1.82) is 0 Å². The van der Waals surface area contributed by atoms with Crippen LogP contribution in [-0.2, 0) is 17.8 Å². The molecule has 0 radical (unpaired) electrons. The maximum atomic E-state index is 13.3. The lowest BCUT2D eigenvalue weighted by Gasteiger charge is -2.15. The van der Waals surface area contributed by atoms with E-state index in [1.807, 2.05) is 32.0 Å². The van der Waals surface area contributed by atoms with Crippen LogP contribution >= 0.6 is 0 Å². The minimum Gasteiger partial charge on any atom is -0.325 e. The van der Waals surface area contributed by atoms with Crippen LogP contribution in [0, 0.1) is 19.7 Å². The van der Waals surface area contributed by atoms with Crippen molar-refractivity contribution in [2.75, 3.05) is 5.32 Å². The third kappa shape index (κ3) is 4.17. The Labute approximate surface area is 162 Å². The molecule has 0 aliphatic heterocycles. The summed E-state index contributed by atoms with van der Waals surface area (Å²) in [5.74, 6) is -0.361. The second-order valence-corrected chi connectivity index (χ2v) is 6.67. The summed E-state index contributed by atoms with van der Waals surface area (Å²) in [4.78, 5) is 30.1. The van der Waals surface area contributed by atoms with Gasteiger partial charge >= 0.3 is 0 Å². The van der Waals surface area contributed by atoms with Gasteiger partial charge in [-0.1, -0.05) is 19.1 Å². The van der Waals surface area contributed by atoms with Crippen molar-refractivity contribution in [1.82, 2.24) is 9.55 Å². The lowest BCUT2D eigenvalue weighted by molar-refractivity contribution is -0.116. The molecule has 3 aromatic rings. The third-order valence-electron chi connectivity index (χ3n) is 4.53. The zero-order chi connectivity index (χ0) is 20.3. The molecule has 144 valence electrons. The molecule has 1 amide bonds. The summed E-state index contributed by atoms with van der Waals surface area (Å²) < 4.78 is 14.7. The standard InChI is InChI=1S/C22H22FN3O2/c1-4-19-15(3)24-21(16-8-10-17(23)11-9-16)26(22(19)28)13-20(27)25-18-7-5-6-14(2)12-18/h5-12H,4,13H2,1-3H3,(H,25,27). The molecule has 2 aromatic carbocycles. The van der Waals surface area contributed by atoms with E-state index in [1.54, 1.807) is 25.1 Å². The van der Waals surface area contributed by atoms with E-state index in [9.17, 15) is 14.0 Å². The Morgan fingerprint density at radius 2 is 1.86 bits per heavy atom. The summed E-state index contributed by atoms with van der Waals surface area (Å²) in [5.41, 5.74) is 3.18. The fourth-order valence-electron chi connectivity index (χ4n) is 3.14. The van der Waals surface area contributed by atoms with Gasteiger partial charge < -0.3 is 5.32 Å². The number of nitrogens with one attached hydrogen (secondary N) is 1. The number of benzene rings is 2. The lowest BCUT2D eigenvalue weighted by atomic mass is 10.1. The van der Waals surface area contributed by atoms with Gasteiger partial charge in [-0.05, 0) is 62.2 Å². The van der Waals surface area contributed by atoms with E-state index in [2.05, 4.69) is 10.3 Å². The smallest absolute Gasteiger partial charge is 0.257 e. The Balaban J connectivity index is 2.01. The van der Waals surface area contributed by atoms with Gasteiger partial charge in [0, 0.05) is 22.5 Å². The van der Waals surface area contributed by atoms with Crippen LogP contribution in [0.25, 0.3) is 11.4 Å². The zero-order valence-electron chi connectivity index (χ0n) is 16.1. The highest BCUT2D eigenvalue weighted by molar-refractivity contribution is 5.90. The number of nitrogens with zero attached hydrogens (tertiary/aromatic N) is 2. The van der Waals surface area contributed by atoms with Gasteiger partial charge in [0.15, 0.2) is 0 Å². The predicted molar refractivity (Wildman–Crippen MR) is 108 cm³/mol. The molecule has 28 heavy (non-hydrogen) atoms. The molecule has 1 aromatic heterocycles. The Bertz CT molecular complexity index is 1070. The number of aryl methyl sites for hydroxylation is 2. The highest BCUT2D eigenvalue weighted by Gasteiger charge is 2.17. The first-order chi connectivity index (χ1) is 13.4. The highest BCUT2D eigenvalue weighted by atomic mass is 19.1. The fraction of sp³-hybridized carbons (Fsp3) is 0.227. The second kappa shape index (κ2) is 8.17. The van der Waals surface area contributed by atoms with Crippen LogP contribution in [0.5, 0.6) is 0 Å². The molecule has 0 saturated heterocycles. The zero-order valence-corrected chi connectivity index (χ0v) is 16.1. The van der Waals surface area contributed by atoms with Crippen LogP contribution in [0.1, 0.15) is 23.7 Å². The summed E-state index contributed by atoms with van der Waals surface area (Å²) in [6.07, 6.45) is 0.515. The molecule has 1 N–H and O–H groups in total. The first-order valence-electron chi connectivity index (χ1n) is 9.11. The van der Waals surface area contributed by atoms with Crippen molar-refractivity contribution in [2.45, 2.75) is 33.7 Å². The van der Waals surface area contributed by atoms with Crippen molar-refractivity contribution in [3.63, 3.8) is 0 Å². The number of carbonyl (C=O) groups is 1. The minimum absolute atomic E-state index is 0.181. The van der Waals surface area contributed by atoms with E-state index in [0.717, 1.165) is 5.56 Å². The van der Waals surface area contributed by atoms with Gasteiger partial charge in [0.1, 0.15) is 18.2 Å². The Hall–Kier alpha value is -3.28. The number of rotatable bonds is 5. The number of amides is 1. The Morgan fingerprint density at radius 1 is 1.14 bits per heavy atom. The molecule has 0 fully saturated rings. The number of anilines is 1. The molecule has 0 aliphatic rings. The summed E-state index contributed by atoms with van der Waals surface area (Å²) in [5, 5.41) is 2.81. The molecule has 6 heteroatoms. The summed E-state index contributed by atoms with van der Waals surface area (Å²) in [7, 11) is 0. The van der Waals surface area contributed by atoms with Gasteiger partial charge in [-0.25, -0.2) is 9.37 Å². The second-order valence-electron chi connectivity index (χ2n) is 6.67. The average Bonchev–Trinajstić information content (AvgIpc) is 2.65. The minimum atomic E-state index is -0.378. The maximum Gasteiger partial charge on any atom is 0.257 e. The lowest BCUT2D eigenvalue weighted by Crippen LogP contribution is -2.32. The van der Waals surface area contributed by atoms with Crippen LogP contribution in [0.15, 0.2) is 53.3 Å². The first kappa shape index (κ1) is 19.5. The largest absolute Gasteiger partial charge is 0.325 e. The summed E-state index contributed by atoms with van der Waals surface area (Å²) in [6.45, 7) is 5.40.